The average molecular weight is 442 g/mol. The summed E-state index contributed by atoms with van der Waals surface area (Å²) in [5.41, 5.74) is 3.71. The fourth-order valence-electron chi connectivity index (χ4n) is 3.48. The molecule has 6 nitrogen and oxygen atoms in total. The van der Waals surface area contributed by atoms with Crippen LogP contribution < -0.4 is 10.9 Å². The monoisotopic (exact) mass is 441 g/mol. The number of nitrogens with zero attached hydrogens (tertiary/aromatic N) is 2. The van der Waals surface area contributed by atoms with Crippen LogP contribution in [0.25, 0.3) is 5.69 Å². The van der Waals surface area contributed by atoms with Gasteiger partial charge in [-0.2, -0.15) is 0 Å². The standard InChI is InChI=1S/C22H23N3O3S2/c1-13-7-14(2)9-16(8-13)25-21(27)20-18(10-15(3)30-20)24-22(25)29-12-19(26)23-11-17-5-4-6-28-17/h4-9,15H,10-12H2,1-3H3,(H,23,26). The zero-order valence-corrected chi connectivity index (χ0v) is 18.7. The molecule has 1 aromatic carbocycles. The summed E-state index contributed by atoms with van der Waals surface area (Å²) < 4.78 is 6.89. The molecule has 156 valence electrons. The molecule has 0 fully saturated rings. The predicted octanol–water partition coefficient (Wildman–Crippen LogP) is 3.89. The molecule has 3 aromatic rings. The summed E-state index contributed by atoms with van der Waals surface area (Å²) in [4.78, 5) is 31.2. The van der Waals surface area contributed by atoms with Crippen LogP contribution >= 0.6 is 23.5 Å². The van der Waals surface area contributed by atoms with E-state index >= 15 is 0 Å². The molecule has 30 heavy (non-hydrogen) atoms. The van der Waals surface area contributed by atoms with Gasteiger partial charge in [-0.25, -0.2) is 4.98 Å². The minimum atomic E-state index is -0.138. The second-order valence-corrected chi connectivity index (χ2v) is 9.83. The van der Waals surface area contributed by atoms with Crippen molar-refractivity contribution >= 4 is 29.4 Å². The molecule has 0 bridgehead atoms. The van der Waals surface area contributed by atoms with Gasteiger partial charge in [0.05, 0.1) is 34.8 Å². The lowest BCUT2D eigenvalue weighted by atomic mass is 10.1. The molecule has 4 rings (SSSR count). The van der Waals surface area contributed by atoms with Crippen molar-refractivity contribution in [2.75, 3.05) is 5.75 Å². The lowest BCUT2D eigenvalue weighted by Crippen LogP contribution is -2.27. The summed E-state index contributed by atoms with van der Waals surface area (Å²) >= 11 is 2.86. The van der Waals surface area contributed by atoms with Crippen LogP contribution in [0.15, 0.2) is 55.9 Å². The van der Waals surface area contributed by atoms with Gasteiger partial charge >= 0.3 is 0 Å². The number of amides is 1. The quantitative estimate of drug-likeness (QED) is 0.462. The maximum Gasteiger partial charge on any atom is 0.272 e. The molecule has 3 heterocycles. The van der Waals surface area contributed by atoms with E-state index in [1.807, 2.05) is 32.0 Å². The first kappa shape index (κ1) is 20.8. The number of nitrogens with one attached hydrogen (secondary N) is 1. The number of rotatable bonds is 6. The molecular weight excluding hydrogens is 418 g/mol. The summed E-state index contributed by atoms with van der Waals surface area (Å²) in [6.45, 7) is 6.45. The van der Waals surface area contributed by atoms with Gasteiger partial charge in [0, 0.05) is 11.7 Å². The smallest absolute Gasteiger partial charge is 0.272 e. The molecule has 1 aliphatic rings. The van der Waals surface area contributed by atoms with E-state index in [4.69, 9.17) is 9.40 Å². The largest absolute Gasteiger partial charge is 0.467 e. The Balaban J connectivity index is 1.63. The van der Waals surface area contributed by atoms with Gasteiger partial charge in [-0.05, 0) is 49.2 Å². The first-order valence-electron chi connectivity index (χ1n) is 9.74. The highest BCUT2D eigenvalue weighted by Crippen LogP contribution is 2.35. The van der Waals surface area contributed by atoms with E-state index < -0.39 is 0 Å². The number of hydrogen-bond donors (Lipinski definition) is 1. The fourth-order valence-corrected chi connectivity index (χ4v) is 5.44. The summed E-state index contributed by atoms with van der Waals surface area (Å²) in [5, 5.41) is 3.71. The van der Waals surface area contributed by atoms with Crippen LogP contribution in [0.2, 0.25) is 0 Å². The topological polar surface area (TPSA) is 77.1 Å². The number of thioether (sulfide) groups is 2. The highest BCUT2D eigenvalue weighted by atomic mass is 32.2. The van der Waals surface area contributed by atoms with Crippen LogP contribution in [0.5, 0.6) is 0 Å². The number of carbonyl (C=O) groups excluding carboxylic acids is 1. The Morgan fingerprint density at radius 1 is 1.33 bits per heavy atom. The molecule has 0 spiro atoms. The van der Waals surface area contributed by atoms with Gasteiger partial charge in [0.1, 0.15) is 5.76 Å². The molecule has 1 atom stereocenters. The molecule has 0 radical (unpaired) electrons. The Hall–Kier alpha value is -2.45. The minimum absolute atomic E-state index is 0.0576. The predicted molar refractivity (Wildman–Crippen MR) is 120 cm³/mol. The van der Waals surface area contributed by atoms with E-state index in [9.17, 15) is 9.59 Å². The van der Waals surface area contributed by atoms with Gasteiger partial charge in [0.25, 0.3) is 5.56 Å². The normalized spacial score (nSPS) is 15.2. The minimum Gasteiger partial charge on any atom is -0.467 e. The summed E-state index contributed by atoms with van der Waals surface area (Å²) in [7, 11) is 0. The van der Waals surface area contributed by atoms with Crippen molar-refractivity contribution in [3.8, 4) is 5.69 Å². The molecule has 0 aliphatic carbocycles. The van der Waals surface area contributed by atoms with E-state index in [0.29, 0.717) is 27.6 Å². The van der Waals surface area contributed by atoms with Crippen molar-refractivity contribution < 1.29 is 9.21 Å². The molecule has 1 unspecified atom stereocenters. The van der Waals surface area contributed by atoms with E-state index in [2.05, 4.69) is 18.3 Å². The Kier molecular flexibility index (Phi) is 6.06. The van der Waals surface area contributed by atoms with Crippen LogP contribution in [0.1, 0.15) is 29.5 Å². The van der Waals surface area contributed by atoms with Crippen molar-refractivity contribution in [3.63, 3.8) is 0 Å². The molecule has 0 saturated heterocycles. The number of aromatic nitrogens is 2. The maximum atomic E-state index is 13.4. The number of aryl methyl sites for hydroxylation is 2. The Labute approximate surface area is 183 Å². The highest BCUT2D eigenvalue weighted by Gasteiger charge is 2.27. The Bertz CT molecular complexity index is 1120. The molecule has 2 aromatic heterocycles. The first-order chi connectivity index (χ1) is 14.4. The molecule has 1 amide bonds. The Morgan fingerprint density at radius 2 is 2.10 bits per heavy atom. The molecule has 0 saturated carbocycles. The van der Waals surface area contributed by atoms with Crippen LogP contribution in [0.4, 0.5) is 0 Å². The molecule has 1 N–H and O–H groups in total. The first-order valence-corrected chi connectivity index (χ1v) is 11.6. The number of furan rings is 1. The van der Waals surface area contributed by atoms with Gasteiger partial charge in [-0.15, -0.1) is 11.8 Å². The van der Waals surface area contributed by atoms with E-state index in [-0.39, 0.29) is 17.2 Å². The van der Waals surface area contributed by atoms with Crippen molar-refractivity contribution in [1.82, 2.24) is 14.9 Å². The van der Waals surface area contributed by atoms with Gasteiger partial charge in [0.2, 0.25) is 5.91 Å². The number of benzene rings is 1. The number of fused-ring (bicyclic) bond motifs is 1. The second kappa shape index (κ2) is 8.73. The summed E-state index contributed by atoms with van der Waals surface area (Å²) in [6, 6.07) is 9.62. The van der Waals surface area contributed by atoms with E-state index in [1.165, 1.54) is 11.8 Å². The highest BCUT2D eigenvalue weighted by molar-refractivity contribution is 8.00. The lowest BCUT2D eigenvalue weighted by molar-refractivity contribution is -0.118. The van der Waals surface area contributed by atoms with Crippen molar-refractivity contribution in [3.05, 3.63) is 69.5 Å². The van der Waals surface area contributed by atoms with Crippen molar-refractivity contribution in [1.29, 1.82) is 0 Å². The van der Waals surface area contributed by atoms with Crippen LogP contribution in [0, 0.1) is 13.8 Å². The van der Waals surface area contributed by atoms with Crippen LogP contribution in [-0.4, -0.2) is 26.5 Å². The third kappa shape index (κ3) is 4.49. The lowest BCUT2D eigenvalue weighted by Gasteiger charge is -2.15. The summed E-state index contributed by atoms with van der Waals surface area (Å²) in [6.07, 6.45) is 2.34. The number of hydrogen-bond acceptors (Lipinski definition) is 6. The van der Waals surface area contributed by atoms with Gasteiger partial charge < -0.3 is 9.73 Å². The molecule has 1 aliphatic heterocycles. The fraction of sp³-hybridized carbons (Fsp3) is 0.318. The van der Waals surface area contributed by atoms with Crippen molar-refractivity contribution in [2.24, 2.45) is 0 Å². The van der Waals surface area contributed by atoms with Gasteiger partial charge in [0.15, 0.2) is 5.16 Å². The SMILES string of the molecule is Cc1cc(C)cc(-n2c(SCC(=O)NCc3ccco3)nc3c(c2=O)SC(C)C3)c1. The number of carbonyl (C=O) groups is 1. The van der Waals surface area contributed by atoms with Gasteiger partial charge in [-0.3, -0.25) is 14.2 Å². The van der Waals surface area contributed by atoms with Crippen LogP contribution in [-0.2, 0) is 17.8 Å². The average Bonchev–Trinajstić information content (AvgIpc) is 3.33. The van der Waals surface area contributed by atoms with E-state index in [0.717, 1.165) is 28.9 Å². The van der Waals surface area contributed by atoms with Crippen molar-refractivity contribution in [2.45, 2.75) is 49.0 Å². The van der Waals surface area contributed by atoms with E-state index in [1.54, 1.807) is 28.7 Å². The molecular formula is C22H23N3O3S2. The molecule has 8 heteroatoms. The summed E-state index contributed by atoms with van der Waals surface area (Å²) in [5.74, 6) is 0.724. The Morgan fingerprint density at radius 3 is 2.80 bits per heavy atom. The third-order valence-corrected chi connectivity index (χ3v) is 6.87. The third-order valence-electron chi connectivity index (χ3n) is 4.72. The zero-order valence-electron chi connectivity index (χ0n) is 17.1. The second-order valence-electron chi connectivity index (χ2n) is 7.43. The van der Waals surface area contributed by atoms with Crippen LogP contribution in [0.3, 0.4) is 0 Å². The zero-order chi connectivity index (χ0) is 21.3. The van der Waals surface area contributed by atoms with Gasteiger partial charge in [-0.1, -0.05) is 24.8 Å². The maximum absolute atomic E-state index is 13.4.